The summed E-state index contributed by atoms with van der Waals surface area (Å²) in [6.45, 7) is 7.49. The molecule has 1 atom stereocenters. The molecule has 0 spiro atoms. The lowest BCUT2D eigenvalue weighted by molar-refractivity contribution is -0.162. The zero-order valence-corrected chi connectivity index (χ0v) is 35.7. The second kappa shape index (κ2) is 45.0. The Morgan fingerprint density at radius 2 is 0.796 bits per heavy atom. The molecule has 312 valence electrons. The van der Waals surface area contributed by atoms with Gasteiger partial charge in [0.1, 0.15) is 6.61 Å². The van der Waals surface area contributed by atoms with E-state index >= 15 is 0 Å². The summed E-state index contributed by atoms with van der Waals surface area (Å²) in [5.74, 6) is -0.436. The molecule has 5 heteroatoms. The summed E-state index contributed by atoms with van der Waals surface area (Å²) < 4.78 is 17.2. The van der Waals surface area contributed by atoms with Gasteiger partial charge in [-0.2, -0.15) is 0 Å². The number of unbranched alkanes of at least 4 members (excludes halogenated alkanes) is 20. The van der Waals surface area contributed by atoms with Crippen LogP contribution in [0, 0.1) is 0 Å². The van der Waals surface area contributed by atoms with Crippen molar-refractivity contribution in [2.45, 2.75) is 219 Å². The molecule has 0 aromatic rings. The summed E-state index contributed by atoms with van der Waals surface area (Å²) >= 11 is 0. The molecule has 0 amide bonds. The summed E-state index contributed by atoms with van der Waals surface area (Å²) in [5, 5.41) is 0. The van der Waals surface area contributed by atoms with Crippen LogP contribution in [0.1, 0.15) is 213 Å². The Kier molecular flexibility index (Phi) is 43.0. The molecule has 0 aliphatic carbocycles. The molecule has 0 heterocycles. The van der Waals surface area contributed by atoms with Gasteiger partial charge in [0.15, 0.2) is 6.10 Å². The molecular formula is C49H86O5. The SMILES string of the molecule is CC/C=C\C/C=C\C/C=C\C/C=C\C/C=C\CCOCC(COC(=O)CCCCCCCCCCCCCCC)OC(=O)CCCCCCCCCCC. The average molecular weight is 755 g/mol. The first-order valence-corrected chi connectivity index (χ1v) is 22.8. The van der Waals surface area contributed by atoms with Crippen molar-refractivity contribution in [1.29, 1.82) is 0 Å². The highest BCUT2D eigenvalue weighted by Gasteiger charge is 2.17. The fourth-order valence-corrected chi connectivity index (χ4v) is 6.22. The molecule has 0 aliphatic heterocycles. The van der Waals surface area contributed by atoms with Crippen LogP contribution in [-0.4, -0.2) is 37.9 Å². The third-order valence-corrected chi connectivity index (χ3v) is 9.59. The normalized spacial score (nSPS) is 12.7. The van der Waals surface area contributed by atoms with Gasteiger partial charge in [0.05, 0.1) is 13.2 Å². The van der Waals surface area contributed by atoms with Crippen LogP contribution < -0.4 is 0 Å². The van der Waals surface area contributed by atoms with Gasteiger partial charge in [0.2, 0.25) is 0 Å². The van der Waals surface area contributed by atoms with Crippen LogP contribution in [-0.2, 0) is 23.8 Å². The second-order valence-electron chi connectivity index (χ2n) is 14.9. The van der Waals surface area contributed by atoms with Gasteiger partial charge in [-0.05, 0) is 51.4 Å². The number of carbonyl (C=O) groups is 2. The number of rotatable bonds is 41. The highest BCUT2D eigenvalue weighted by molar-refractivity contribution is 5.70. The molecule has 0 rings (SSSR count). The Hall–Kier alpha value is -2.40. The number of hydrogen-bond acceptors (Lipinski definition) is 5. The van der Waals surface area contributed by atoms with Crippen LogP contribution in [0.15, 0.2) is 60.8 Å². The molecule has 0 fully saturated rings. The molecule has 0 aromatic heterocycles. The number of esters is 2. The van der Waals surface area contributed by atoms with E-state index in [-0.39, 0.29) is 25.2 Å². The molecule has 1 unspecified atom stereocenters. The monoisotopic (exact) mass is 755 g/mol. The third-order valence-electron chi connectivity index (χ3n) is 9.59. The van der Waals surface area contributed by atoms with E-state index in [1.54, 1.807) is 0 Å². The minimum absolute atomic E-state index is 0.0580. The number of carbonyl (C=O) groups excluding carboxylic acids is 2. The van der Waals surface area contributed by atoms with E-state index in [9.17, 15) is 9.59 Å². The van der Waals surface area contributed by atoms with Crippen molar-refractivity contribution in [3.8, 4) is 0 Å². The van der Waals surface area contributed by atoms with Gasteiger partial charge in [0.25, 0.3) is 0 Å². The predicted octanol–water partition coefficient (Wildman–Crippen LogP) is 15.0. The lowest BCUT2D eigenvalue weighted by atomic mass is 10.0. The van der Waals surface area contributed by atoms with E-state index in [1.165, 1.54) is 116 Å². The summed E-state index contributed by atoms with van der Waals surface area (Å²) in [6.07, 6.45) is 55.3. The standard InChI is InChI=1S/C49H86O5/c1-4-7-10-13-16-19-21-23-24-25-27-29-32-35-38-41-44-52-45-47(54-49(51)43-40-37-34-30-18-15-12-9-6-3)46-53-48(50)42-39-36-33-31-28-26-22-20-17-14-11-8-5-2/h7,10,16,19,23-24,27,29,35,38,47H,4-6,8-9,11-15,17-18,20-22,25-26,28,30-34,36-37,39-46H2,1-3H3/b10-7-,19-16-,24-23-,29-27-,38-35-. The van der Waals surface area contributed by atoms with Gasteiger partial charge in [0, 0.05) is 12.8 Å². The number of hydrogen-bond donors (Lipinski definition) is 0. The van der Waals surface area contributed by atoms with Crippen LogP contribution in [0.2, 0.25) is 0 Å². The van der Waals surface area contributed by atoms with Gasteiger partial charge in [-0.25, -0.2) is 0 Å². The van der Waals surface area contributed by atoms with E-state index in [4.69, 9.17) is 14.2 Å². The number of allylic oxidation sites excluding steroid dienone is 9. The van der Waals surface area contributed by atoms with Gasteiger partial charge in [-0.15, -0.1) is 0 Å². The van der Waals surface area contributed by atoms with Crippen molar-refractivity contribution in [3.63, 3.8) is 0 Å². The first kappa shape index (κ1) is 51.6. The molecule has 5 nitrogen and oxygen atoms in total. The fourth-order valence-electron chi connectivity index (χ4n) is 6.22. The minimum atomic E-state index is -0.569. The maximum Gasteiger partial charge on any atom is 0.306 e. The predicted molar refractivity (Wildman–Crippen MR) is 233 cm³/mol. The largest absolute Gasteiger partial charge is 0.462 e. The summed E-state index contributed by atoms with van der Waals surface area (Å²) in [5.41, 5.74) is 0. The Labute approximate surface area is 334 Å². The highest BCUT2D eigenvalue weighted by Crippen LogP contribution is 2.14. The van der Waals surface area contributed by atoms with Crippen molar-refractivity contribution in [2.24, 2.45) is 0 Å². The molecule has 0 aliphatic rings. The Bertz CT molecular complexity index is 946. The summed E-state index contributed by atoms with van der Waals surface area (Å²) in [7, 11) is 0. The molecular weight excluding hydrogens is 669 g/mol. The van der Waals surface area contributed by atoms with Crippen molar-refractivity contribution in [1.82, 2.24) is 0 Å². The molecule has 0 saturated carbocycles. The molecule has 0 N–H and O–H groups in total. The van der Waals surface area contributed by atoms with E-state index in [2.05, 4.69) is 81.5 Å². The molecule has 0 bridgehead atoms. The lowest BCUT2D eigenvalue weighted by Gasteiger charge is -2.18. The highest BCUT2D eigenvalue weighted by atomic mass is 16.6. The van der Waals surface area contributed by atoms with Crippen LogP contribution in [0.5, 0.6) is 0 Å². The number of ether oxygens (including phenoxy) is 3. The fraction of sp³-hybridized carbons (Fsp3) is 0.755. The zero-order chi connectivity index (χ0) is 39.3. The topological polar surface area (TPSA) is 61.8 Å². The van der Waals surface area contributed by atoms with E-state index < -0.39 is 6.10 Å². The minimum Gasteiger partial charge on any atom is -0.462 e. The quantitative estimate of drug-likeness (QED) is 0.0353. The third kappa shape index (κ3) is 42.3. The van der Waals surface area contributed by atoms with E-state index in [0.717, 1.165) is 64.2 Å². The van der Waals surface area contributed by atoms with Crippen LogP contribution in [0.25, 0.3) is 0 Å². The van der Waals surface area contributed by atoms with Crippen LogP contribution >= 0.6 is 0 Å². The molecule has 0 aromatic carbocycles. The first-order chi connectivity index (χ1) is 26.6. The maximum atomic E-state index is 12.7. The van der Waals surface area contributed by atoms with E-state index in [1.807, 2.05) is 0 Å². The maximum absolute atomic E-state index is 12.7. The van der Waals surface area contributed by atoms with Crippen LogP contribution in [0.4, 0.5) is 0 Å². The van der Waals surface area contributed by atoms with Gasteiger partial charge >= 0.3 is 11.9 Å². The molecule has 0 radical (unpaired) electrons. The Balaban J connectivity index is 4.33. The average Bonchev–Trinajstić information content (AvgIpc) is 3.17. The van der Waals surface area contributed by atoms with Gasteiger partial charge in [-0.3, -0.25) is 9.59 Å². The molecule has 0 saturated heterocycles. The van der Waals surface area contributed by atoms with E-state index in [0.29, 0.717) is 19.4 Å². The first-order valence-electron chi connectivity index (χ1n) is 22.8. The summed E-state index contributed by atoms with van der Waals surface area (Å²) in [6, 6.07) is 0. The zero-order valence-electron chi connectivity index (χ0n) is 35.7. The molecule has 54 heavy (non-hydrogen) atoms. The second-order valence-corrected chi connectivity index (χ2v) is 14.9. The smallest absolute Gasteiger partial charge is 0.306 e. The Morgan fingerprint density at radius 3 is 1.22 bits per heavy atom. The van der Waals surface area contributed by atoms with Crippen molar-refractivity contribution in [2.75, 3.05) is 19.8 Å². The van der Waals surface area contributed by atoms with Crippen LogP contribution in [0.3, 0.4) is 0 Å². The van der Waals surface area contributed by atoms with Crippen molar-refractivity contribution in [3.05, 3.63) is 60.8 Å². The van der Waals surface area contributed by atoms with Crippen molar-refractivity contribution < 1.29 is 23.8 Å². The van der Waals surface area contributed by atoms with Gasteiger partial charge < -0.3 is 14.2 Å². The summed E-state index contributed by atoms with van der Waals surface area (Å²) in [4.78, 5) is 25.2. The van der Waals surface area contributed by atoms with Crippen molar-refractivity contribution >= 4 is 11.9 Å². The van der Waals surface area contributed by atoms with Gasteiger partial charge in [-0.1, -0.05) is 210 Å². The lowest BCUT2D eigenvalue weighted by Crippen LogP contribution is -2.30. The Morgan fingerprint density at radius 1 is 0.426 bits per heavy atom.